The first-order valence-electron chi connectivity index (χ1n) is 7.89. The van der Waals surface area contributed by atoms with Crippen LogP contribution < -0.4 is 4.74 Å². The van der Waals surface area contributed by atoms with Gasteiger partial charge in [-0.05, 0) is 50.6 Å². The van der Waals surface area contributed by atoms with Crippen LogP contribution in [0, 0.1) is 0 Å². The molecule has 0 saturated carbocycles. The highest BCUT2D eigenvalue weighted by Gasteiger charge is 2.23. The van der Waals surface area contributed by atoms with E-state index in [-0.39, 0.29) is 12.5 Å². The van der Waals surface area contributed by atoms with Gasteiger partial charge in [-0.2, -0.15) is 0 Å². The Morgan fingerprint density at radius 3 is 2.33 bits per heavy atom. The van der Waals surface area contributed by atoms with Crippen molar-refractivity contribution in [2.75, 3.05) is 19.7 Å². The Bertz CT molecular complexity index is 436. The lowest BCUT2D eigenvalue weighted by Gasteiger charge is -2.30. The minimum atomic E-state index is -0.738. The number of rotatable bonds is 6. The summed E-state index contributed by atoms with van der Waals surface area (Å²) in [5, 5.41) is 9.23. The van der Waals surface area contributed by atoms with E-state index in [0.29, 0.717) is 6.61 Å². The maximum absolute atomic E-state index is 11.2. The Labute approximate surface area is 126 Å². The second-order valence-corrected chi connectivity index (χ2v) is 5.57. The minimum absolute atomic E-state index is 0.0312. The van der Waals surface area contributed by atoms with Crippen LogP contribution in [-0.4, -0.2) is 35.7 Å². The molecule has 0 radical (unpaired) electrons. The largest absolute Gasteiger partial charge is 0.494 e. The van der Waals surface area contributed by atoms with Gasteiger partial charge in [0, 0.05) is 6.04 Å². The third-order valence-electron chi connectivity index (χ3n) is 4.03. The Morgan fingerprint density at radius 1 is 1.19 bits per heavy atom. The smallest absolute Gasteiger partial charge is 0.305 e. The van der Waals surface area contributed by atoms with Gasteiger partial charge in [-0.3, -0.25) is 9.69 Å². The van der Waals surface area contributed by atoms with Crippen molar-refractivity contribution >= 4 is 5.97 Å². The molecule has 4 nitrogen and oxygen atoms in total. The summed E-state index contributed by atoms with van der Waals surface area (Å²) in [6, 6.07) is 7.85. The van der Waals surface area contributed by atoms with E-state index in [1.807, 2.05) is 31.2 Å². The summed E-state index contributed by atoms with van der Waals surface area (Å²) in [5.74, 6) is 0.101. The zero-order chi connectivity index (χ0) is 15.1. The Kier molecular flexibility index (Phi) is 6.05. The number of carbonyl (C=O) groups is 1. The van der Waals surface area contributed by atoms with Crippen molar-refractivity contribution in [2.24, 2.45) is 0 Å². The Balaban J connectivity index is 2.15. The fourth-order valence-electron chi connectivity index (χ4n) is 2.98. The molecule has 1 aromatic rings. The fourth-order valence-corrected chi connectivity index (χ4v) is 2.98. The van der Waals surface area contributed by atoms with Crippen LogP contribution in [0.2, 0.25) is 0 Å². The molecule has 4 heteroatoms. The minimum Gasteiger partial charge on any atom is -0.494 e. The molecule has 1 atom stereocenters. The molecule has 1 fully saturated rings. The Morgan fingerprint density at radius 2 is 1.81 bits per heavy atom. The van der Waals surface area contributed by atoms with Gasteiger partial charge in [0.2, 0.25) is 0 Å². The summed E-state index contributed by atoms with van der Waals surface area (Å²) >= 11 is 0. The molecule has 1 aromatic carbocycles. The zero-order valence-corrected chi connectivity index (χ0v) is 12.8. The molecule has 0 bridgehead atoms. The van der Waals surface area contributed by atoms with E-state index < -0.39 is 5.97 Å². The second-order valence-electron chi connectivity index (χ2n) is 5.57. The maximum Gasteiger partial charge on any atom is 0.305 e. The molecule has 1 N–H and O–H groups in total. The summed E-state index contributed by atoms with van der Waals surface area (Å²) < 4.78 is 5.46. The van der Waals surface area contributed by atoms with Crippen molar-refractivity contribution in [3.05, 3.63) is 29.8 Å². The monoisotopic (exact) mass is 291 g/mol. The third-order valence-corrected chi connectivity index (χ3v) is 4.03. The average Bonchev–Trinajstić information content (AvgIpc) is 2.75. The van der Waals surface area contributed by atoms with Gasteiger partial charge in [-0.25, -0.2) is 0 Å². The molecule has 1 saturated heterocycles. The molecule has 21 heavy (non-hydrogen) atoms. The van der Waals surface area contributed by atoms with Crippen LogP contribution >= 0.6 is 0 Å². The molecule has 0 aliphatic carbocycles. The first kappa shape index (κ1) is 15.8. The normalized spacial score (nSPS) is 18.0. The molecule has 0 amide bonds. The molecule has 116 valence electrons. The number of aliphatic carboxylic acids is 1. The van der Waals surface area contributed by atoms with Crippen molar-refractivity contribution in [2.45, 2.75) is 45.1 Å². The number of hydrogen-bond donors (Lipinski definition) is 1. The quantitative estimate of drug-likeness (QED) is 0.872. The number of benzene rings is 1. The molecule has 1 aliphatic heterocycles. The van der Waals surface area contributed by atoms with Crippen LogP contribution in [0.25, 0.3) is 0 Å². The van der Waals surface area contributed by atoms with E-state index in [1.54, 1.807) is 0 Å². The van der Waals surface area contributed by atoms with E-state index >= 15 is 0 Å². The van der Waals surface area contributed by atoms with E-state index in [2.05, 4.69) is 4.90 Å². The molecule has 2 rings (SSSR count). The van der Waals surface area contributed by atoms with E-state index in [1.165, 1.54) is 12.8 Å². The van der Waals surface area contributed by atoms with Crippen molar-refractivity contribution in [3.8, 4) is 5.75 Å². The number of likely N-dealkylation sites (tertiary alicyclic amines) is 1. The highest BCUT2D eigenvalue weighted by Crippen LogP contribution is 2.28. The summed E-state index contributed by atoms with van der Waals surface area (Å²) in [7, 11) is 0. The third kappa shape index (κ3) is 4.74. The van der Waals surface area contributed by atoms with Gasteiger partial charge in [-0.1, -0.05) is 25.0 Å². The van der Waals surface area contributed by atoms with Gasteiger partial charge in [0.1, 0.15) is 5.75 Å². The molecular weight excluding hydrogens is 266 g/mol. The van der Waals surface area contributed by atoms with E-state index in [9.17, 15) is 9.90 Å². The van der Waals surface area contributed by atoms with Gasteiger partial charge < -0.3 is 9.84 Å². The highest BCUT2D eigenvalue weighted by molar-refractivity contribution is 5.68. The number of ether oxygens (including phenoxy) is 1. The van der Waals surface area contributed by atoms with Crippen molar-refractivity contribution in [1.29, 1.82) is 0 Å². The van der Waals surface area contributed by atoms with Crippen LogP contribution in [0.3, 0.4) is 0 Å². The first-order valence-corrected chi connectivity index (χ1v) is 7.89. The molecular formula is C17H25NO3. The predicted molar refractivity (Wildman–Crippen MR) is 82.6 cm³/mol. The molecule has 0 spiro atoms. The first-order chi connectivity index (χ1) is 10.2. The van der Waals surface area contributed by atoms with Crippen LogP contribution in [0.1, 0.15) is 50.6 Å². The topological polar surface area (TPSA) is 49.8 Å². The molecule has 1 unspecified atom stereocenters. The number of nitrogens with zero attached hydrogens (tertiary/aromatic N) is 1. The highest BCUT2D eigenvalue weighted by atomic mass is 16.5. The lowest BCUT2D eigenvalue weighted by atomic mass is 10.0. The van der Waals surface area contributed by atoms with Crippen LogP contribution in [0.4, 0.5) is 0 Å². The van der Waals surface area contributed by atoms with Crippen LogP contribution in [-0.2, 0) is 4.79 Å². The molecule has 1 heterocycles. The van der Waals surface area contributed by atoms with Crippen molar-refractivity contribution in [3.63, 3.8) is 0 Å². The number of hydrogen-bond acceptors (Lipinski definition) is 3. The summed E-state index contributed by atoms with van der Waals surface area (Å²) in [6.07, 6.45) is 4.98. The predicted octanol–water partition coefficient (Wildman–Crippen LogP) is 3.48. The van der Waals surface area contributed by atoms with Crippen molar-refractivity contribution < 1.29 is 14.6 Å². The summed E-state index contributed by atoms with van der Waals surface area (Å²) in [4.78, 5) is 13.6. The van der Waals surface area contributed by atoms with Gasteiger partial charge >= 0.3 is 5.97 Å². The van der Waals surface area contributed by atoms with Gasteiger partial charge in [-0.15, -0.1) is 0 Å². The van der Waals surface area contributed by atoms with Crippen molar-refractivity contribution in [1.82, 2.24) is 4.90 Å². The lowest BCUT2D eigenvalue weighted by molar-refractivity contribution is -0.138. The standard InChI is InChI=1S/C17H25NO3/c1-2-21-15-9-7-14(8-10-15)16(13-17(19)20)18-11-5-3-4-6-12-18/h7-10,16H,2-6,11-13H2,1H3,(H,19,20). The SMILES string of the molecule is CCOc1ccc(C(CC(=O)O)N2CCCCCC2)cc1. The van der Waals surface area contributed by atoms with Crippen LogP contribution in [0.5, 0.6) is 5.75 Å². The number of carboxylic acids is 1. The summed E-state index contributed by atoms with van der Waals surface area (Å²) in [6.45, 7) is 4.58. The Hall–Kier alpha value is -1.55. The number of carboxylic acid groups (broad SMARTS) is 1. The van der Waals surface area contributed by atoms with Gasteiger partial charge in [0.25, 0.3) is 0 Å². The fraction of sp³-hybridized carbons (Fsp3) is 0.588. The lowest BCUT2D eigenvalue weighted by Crippen LogP contribution is -2.31. The van der Waals surface area contributed by atoms with Gasteiger partial charge in [0.15, 0.2) is 0 Å². The zero-order valence-electron chi connectivity index (χ0n) is 12.8. The molecule has 0 aromatic heterocycles. The maximum atomic E-state index is 11.2. The van der Waals surface area contributed by atoms with Crippen LogP contribution in [0.15, 0.2) is 24.3 Å². The average molecular weight is 291 g/mol. The second kappa shape index (κ2) is 8.03. The van der Waals surface area contributed by atoms with Gasteiger partial charge in [0.05, 0.1) is 13.0 Å². The summed E-state index contributed by atoms with van der Waals surface area (Å²) in [5.41, 5.74) is 1.07. The van der Waals surface area contributed by atoms with E-state index in [4.69, 9.17) is 4.74 Å². The molecule has 1 aliphatic rings. The van der Waals surface area contributed by atoms with E-state index in [0.717, 1.165) is 37.2 Å².